The number of nitrogens with zero attached hydrogens (tertiary/aromatic N) is 1. The van der Waals surface area contributed by atoms with Crippen molar-refractivity contribution in [3.05, 3.63) is 0 Å². The molecule has 1 N–H and O–H groups in total. The van der Waals surface area contributed by atoms with Gasteiger partial charge in [0.25, 0.3) is 0 Å². The van der Waals surface area contributed by atoms with Crippen molar-refractivity contribution in [2.24, 2.45) is 0 Å². The number of rotatable bonds is 10. The summed E-state index contributed by atoms with van der Waals surface area (Å²) in [4.78, 5) is 13.9. The Bertz CT molecular complexity index is 198. The van der Waals surface area contributed by atoms with Gasteiger partial charge in [-0.05, 0) is 32.9 Å². The van der Waals surface area contributed by atoms with Crippen LogP contribution < -0.4 is 5.32 Å². The van der Waals surface area contributed by atoms with Gasteiger partial charge in [0.1, 0.15) is 6.04 Å². The van der Waals surface area contributed by atoms with Crippen LogP contribution in [0.3, 0.4) is 0 Å². The van der Waals surface area contributed by atoms with Crippen molar-refractivity contribution in [1.82, 2.24) is 10.2 Å². The average molecular weight is 244 g/mol. The second kappa shape index (κ2) is 10.5. The number of nitrogens with one attached hydrogen (secondary N) is 1. The Kier molecular flexibility index (Phi) is 10.2. The summed E-state index contributed by atoms with van der Waals surface area (Å²) in [6, 6.07) is -0.157. The van der Waals surface area contributed by atoms with E-state index in [9.17, 15) is 4.79 Å². The number of hydrogen-bond donors (Lipinski definition) is 1. The molecule has 102 valence electrons. The summed E-state index contributed by atoms with van der Waals surface area (Å²) in [6.45, 7) is 12.6. The van der Waals surface area contributed by atoms with E-state index in [1.165, 1.54) is 6.42 Å². The molecule has 0 saturated heterocycles. The predicted molar refractivity (Wildman–Crippen MR) is 71.1 cm³/mol. The highest BCUT2D eigenvalue weighted by atomic mass is 16.5. The van der Waals surface area contributed by atoms with Crippen molar-refractivity contribution < 1.29 is 9.53 Å². The maximum atomic E-state index is 11.5. The van der Waals surface area contributed by atoms with E-state index in [-0.39, 0.29) is 12.0 Å². The molecule has 1 unspecified atom stereocenters. The minimum atomic E-state index is -0.157. The van der Waals surface area contributed by atoms with Gasteiger partial charge >= 0.3 is 5.97 Å². The predicted octanol–water partition coefficient (Wildman–Crippen LogP) is 1.65. The van der Waals surface area contributed by atoms with Crippen molar-refractivity contribution in [3.8, 4) is 0 Å². The van der Waals surface area contributed by atoms with Crippen LogP contribution in [0.1, 0.15) is 40.5 Å². The summed E-state index contributed by atoms with van der Waals surface area (Å²) < 4.78 is 5.01. The number of ether oxygens (including phenoxy) is 1. The van der Waals surface area contributed by atoms with Crippen LogP contribution in [0.2, 0.25) is 0 Å². The fourth-order valence-electron chi connectivity index (χ4n) is 1.78. The maximum absolute atomic E-state index is 11.5. The van der Waals surface area contributed by atoms with Gasteiger partial charge in [-0.25, -0.2) is 0 Å². The standard InChI is InChI=1S/C13H28N2O2/c1-5-10-15(7-3)11-9-14-12(6-2)13(16)17-8-4/h12,14H,5-11H2,1-4H3. The Morgan fingerprint density at radius 1 is 1.24 bits per heavy atom. The Morgan fingerprint density at radius 3 is 2.41 bits per heavy atom. The molecule has 0 heterocycles. The van der Waals surface area contributed by atoms with Gasteiger partial charge in [0.15, 0.2) is 0 Å². The quantitative estimate of drug-likeness (QED) is 0.593. The molecule has 0 aromatic heterocycles. The zero-order valence-electron chi connectivity index (χ0n) is 11.8. The SMILES string of the molecule is CCCN(CC)CCNC(CC)C(=O)OCC. The van der Waals surface area contributed by atoms with E-state index >= 15 is 0 Å². The molecule has 0 rings (SSSR count). The van der Waals surface area contributed by atoms with Crippen LogP contribution in [-0.2, 0) is 9.53 Å². The lowest BCUT2D eigenvalue weighted by Crippen LogP contribution is -2.42. The van der Waals surface area contributed by atoms with Crippen LogP contribution >= 0.6 is 0 Å². The Balaban J connectivity index is 3.85. The monoisotopic (exact) mass is 244 g/mol. The third-order valence-corrected chi connectivity index (χ3v) is 2.79. The molecule has 0 spiro atoms. The molecule has 0 aliphatic carbocycles. The topological polar surface area (TPSA) is 41.6 Å². The second-order valence-corrected chi connectivity index (χ2v) is 4.10. The van der Waals surface area contributed by atoms with Crippen LogP contribution in [0.25, 0.3) is 0 Å². The first kappa shape index (κ1) is 16.4. The van der Waals surface area contributed by atoms with E-state index in [0.29, 0.717) is 6.61 Å². The summed E-state index contributed by atoms with van der Waals surface area (Å²) in [5, 5.41) is 3.26. The lowest BCUT2D eigenvalue weighted by Gasteiger charge is -2.21. The molecule has 0 amide bonds. The number of likely N-dealkylation sites (N-methyl/N-ethyl adjacent to an activating group) is 1. The van der Waals surface area contributed by atoms with Gasteiger partial charge < -0.3 is 15.0 Å². The highest BCUT2D eigenvalue weighted by Gasteiger charge is 2.16. The van der Waals surface area contributed by atoms with Crippen molar-refractivity contribution >= 4 is 5.97 Å². The molecule has 0 aromatic carbocycles. The number of carbonyl (C=O) groups is 1. The van der Waals surface area contributed by atoms with Crippen LogP contribution in [-0.4, -0.2) is 49.7 Å². The van der Waals surface area contributed by atoms with E-state index < -0.39 is 0 Å². The first-order valence-electron chi connectivity index (χ1n) is 6.81. The van der Waals surface area contributed by atoms with Crippen molar-refractivity contribution in [2.45, 2.75) is 46.6 Å². The van der Waals surface area contributed by atoms with E-state index in [1.54, 1.807) is 0 Å². The summed E-state index contributed by atoms with van der Waals surface area (Å²) in [5.41, 5.74) is 0. The van der Waals surface area contributed by atoms with E-state index in [0.717, 1.165) is 32.6 Å². The fraction of sp³-hybridized carbons (Fsp3) is 0.923. The Labute approximate surface area is 106 Å². The largest absolute Gasteiger partial charge is 0.465 e. The van der Waals surface area contributed by atoms with Crippen molar-refractivity contribution in [1.29, 1.82) is 0 Å². The number of hydrogen-bond acceptors (Lipinski definition) is 4. The zero-order valence-corrected chi connectivity index (χ0v) is 11.8. The molecular formula is C13H28N2O2. The third-order valence-electron chi connectivity index (χ3n) is 2.79. The fourth-order valence-corrected chi connectivity index (χ4v) is 1.78. The average Bonchev–Trinajstić information content (AvgIpc) is 2.33. The minimum Gasteiger partial charge on any atom is -0.465 e. The van der Waals surface area contributed by atoms with Gasteiger partial charge in [-0.15, -0.1) is 0 Å². The number of carbonyl (C=O) groups excluding carboxylic acids is 1. The van der Waals surface area contributed by atoms with Crippen LogP contribution in [0.5, 0.6) is 0 Å². The molecule has 1 atom stereocenters. The molecule has 4 nitrogen and oxygen atoms in total. The molecule has 0 radical (unpaired) electrons. The third kappa shape index (κ3) is 7.34. The molecule has 17 heavy (non-hydrogen) atoms. The van der Waals surface area contributed by atoms with E-state index in [2.05, 4.69) is 24.1 Å². The van der Waals surface area contributed by atoms with Gasteiger partial charge in [-0.3, -0.25) is 4.79 Å². The molecule has 0 aliphatic rings. The van der Waals surface area contributed by atoms with Gasteiger partial charge in [0.05, 0.1) is 6.61 Å². The van der Waals surface area contributed by atoms with Gasteiger partial charge in [-0.2, -0.15) is 0 Å². The van der Waals surface area contributed by atoms with Crippen LogP contribution in [0, 0.1) is 0 Å². The lowest BCUT2D eigenvalue weighted by atomic mass is 10.2. The summed E-state index contributed by atoms with van der Waals surface area (Å²) in [5.74, 6) is -0.131. The van der Waals surface area contributed by atoms with E-state index in [1.807, 2.05) is 13.8 Å². The number of esters is 1. The second-order valence-electron chi connectivity index (χ2n) is 4.10. The summed E-state index contributed by atoms with van der Waals surface area (Å²) >= 11 is 0. The van der Waals surface area contributed by atoms with Crippen molar-refractivity contribution in [3.63, 3.8) is 0 Å². The van der Waals surface area contributed by atoms with Gasteiger partial charge in [0, 0.05) is 13.1 Å². The molecule has 4 heteroatoms. The zero-order chi connectivity index (χ0) is 13.1. The first-order chi connectivity index (χ1) is 8.19. The van der Waals surface area contributed by atoms with Gasteiger partial charge in [0.2, 0.25) is 0 Å². The lowest BCUT2D eigenvalue weighted by molar-refractivity contribution is -0.145. The molecule has 0 bridgehead atoms. The van der Waals surface area contributed by atoms with Crippen LogP contribution in [0.15, 0.2) is 0 Å². The molecule has 0 aromatic rings. The normalized spacial score (nSPS) is 12.8. The highest BCUT2D eigenvalue weighted by molar-refractivity contribution is 5.75. The van der Waals surface area contributed by atoms with Crippen LogP contribution in [0.4, 0.5) is 0 Å². The first-order valence-corrected chi connectivity index (χ1v) is 6.81. The summed E-state index contributed by atoms with van der Waals surface area (Å²) in [7, 11) is 0. The smallest absolute Gasteiger partial charge is 0.323 e. The molecule has 0 saturated carbocycles. The molecule has 0 aliphatic heterocycles. The Hall–Kier alpha value is -0.610. The molecule has 0 fully saturated rings. The summed E-state index contributed by atoms with van der Waals surface area (Å²) in [6.07, 6.45) is 1.95. The van der Waals surface area contributed by atoms with Crippen molar-refractivity contribution in [2.75, 3.05) is 32.8 Å². The highest BCUT2D eigenvalue weighted by Crippen LogP contribution is 1.96. The Morgan fingerprint density at radius 2 is 1.94 bits per heavy atom. The van der Waals surface area contributed by atoms with E-state index in [4.69, 9.17) is 4.74 Å². The van der Waals surface area contributed by atoms with Gasteiger partial charge in [-0.1, -0.05) is 20.8 Å². The minimum absolute atomic E-state index is 0.131. The molecular weight excluding hydrogens is 216 g/mol. The maximum Gasteiger partial charge on any atom is 0.323 e.